The molecule has 1 aromatic heterocycles. The number of nitro groups is 1. The highest BCUT2D eigenvalue weighted by Gasteiger charge is 2.16. The van der Waals surface area contributed by atoms with Gasteiger partial charge in [0.1, 0.15) is 12.2 Å². The van der Waals surface area contributed by atoms with Crippen molar-refractivity contribution in [3.05, 3.63) is 111 Å². The number of benzene rings is 3. The Bertz CT molecular complexity index is 1530. The molecule has 0 saturated carbocycles. The van der Waals surface area contributed by atoms with Crippen LogP contribution in [0.3, 0.4) is 0 Å². The predicted molar refractivity (Wildman–Crippen MR) is 145 cm³/mol. The number of non-ortho nitro benzene ring substituents is 1. The molecule has 0 aliphatic rings. The van der Waals surface area contributed by atoms with Crippen LogP contribution in [0, 0.1) is 10.1 Å². The standard InChI is InChI=1S/C28H24ClN3O6/c1-3-7-19-12-18(13-25(36-4-2)27(19)37-17-20-8-5-6-9-23(20)29)16-30-31-28(33)26-15-21-14-22(32(34)35)10-11-24(21)38-26/h3,5-6,8-16H,1,4,7,17H2,2H3,(H,31,33)/b30-16+. The molecule has 3 aromatic carbocycles. The first-order valence-corrected chi connectivity index (χ1v) is 12.1. The SMILES string of the molecule is C=CCc1cc(/C=N/NC(=O)c2cc3cc([N+](=O)[O-])ccc3o2)cc(OCC)c1OCc1ccccc1Cl. The van der Waals surface area contributed by atoms with Crippen molar-refractivity contribution in [3.63, 3.8) is 0 Å². The van der Waals surface area contributed by atoms with Gasteiger partial charge in [0.15, 0.2) is 17.3 Å². The maximum atomic E-state index is 12.5. The van der Waals surface area contributed by atoms with E-state index in [1.807, 2.05) is 31.2 Å². The van der Waals surface area contributed by atoms with E-state index < -0.39 is 10.8 Å². The zero-order valence-electron chi connectivity index (χ0n) is 20.5. The highest BCUT2D eigenvalue weighted by Crippen LogP contribution is 2.35. The Kier molecular flexibility index (Phi) is 8.40. The predicted octanol–water partition coefficient (Wildman–Crippen LogP) is 6.46. The van der Waals surface area contributed by atoms with E-state index in [1.165, 1.54) is 30.5 Å². The van der Waals surface area contributed by atoms with Crippen LogP contribution in [0.5, 0.6) is 11.5 Å². The molecule has 0 aliphatic heterocycles. The van der Waals surface area contributed by atoms with Crippen LogP contribution in [0.25, 0.3) is 11.0 Å². The molecular formula is C28H24ClN3O6. The number of hydrazone groups is 1. The molecule has 0 saturated heterocycles. The number of carbonyl (C=O) groups excluding carboxylic acids is 1. The number of fused-ring (bicyclic) bond motifs is 1. The fourth-order valence-corrected chi connectivity index (χ4v) is 3.92. The Morgan fingerprint density at radius 2 is 1.97 bits per heavy atom. The lowest BCUT2D eigenvalue weighted by molar-refractivity contribution is -0.384. The Morgan fingerprint density at radius 1 is 1.16 bits per heavy atom. The molecule has 9 nitrogen and oxygen atoms in total. The van der Waals surface area contributed by atoms with Crippen molar-refractivity contribution >= 4 is 40.4 Å². The number of carbonyl (C=O) groups is 1. The van der Waals surface area contributed by atoms with Gasteiger partial charge in [0, 0.05) is 33.7 Å². The third-order valence-corrected chi connectivity index (χ3v) is 5.83. The highest BCUT2D eigenvalue weighted by atomic mass is 35.5. The average Bonchev–Trinajstić information content (AvgIpc) is 3.33. The van der Waals surface area contributed by atoms with Gasteiger partial charge < -0.3 is 13.9 Å². The fourth-order valence-electron chi connectivity index (χ4n) is 3.73. The van der Waals surface area contributed by atoms with E-state index in [1.54, 1.807) is 18.2 Å². The van der Waals surface area contributed by atoms with Gasteiger partial charge in [0.25, 0.3) is 5.69 Å². The van der Waals surface area contributed by atoms with E-state index >= 15 is 0 Å². The van der Waals surface area contributed by atoms with E-state index in [2.05, 4.69) is 17.1 Å². The molecule has 0 fully saturated rings. The summed E-state index contributed by atoms with van der Waals surface area (Å²) in [5.41, 5.74) is 5.00. The molecule has 0 atom stereocenters. The summed E-state index contributed by atoms with van der Waals surface area (Å²) in [4.78, 5) is 23.0. The molecule has 4 rings (SSSR count). The fraction of sp³-hybridized carbons (Fsp3) is 0.143. The van der Waals surface area contributed by atoms with Crippen LogP contribution in [-0.2, 0) is 13.0 Å². The third kappa shape index (κ3) is 6.19. The summed E-state index contributed by atoms with van der Waals surface area (Å²) in [7, 11) is 0. The first-order chi connectivity index (χ1) is 18.4. The van der Waals surface area contributed by atoms with Crippen molar-refractivity contribution in [1.29, 1.82) is 0 Å². The van der Waals surface area contributed by atoms with Crippen LogP contribution >= 0.6 is 11.6 Å². The summed E-state index contributed by atoms with van der Waals surface area (Å²) >= 11 is 6.27. The maximum absolute atomic E-state index is 12.5. The lowest BCUT2D eigenvalue weighted by Gasteiger charge is -2.17. The van der Waals surface area contributed by atoms with E-state index in [0.29, 0.717) is 46.1 Å². The van der Waals surface area contributed by atoms with Gasteiger partial charge in [-0.3, -0.25) is 14.9 Å². The normalized spacial score (nSPS) is 11.0. The van der Waals surface area contributed by atoms with Gasteiger partial charge in [0.2, 0.25) is 0 Å². The number of rotatable bonds is 11. The topological polar surface area (TPSA) is 116 Å². The molecule has 38 heavy (non-hydrogen) atoms. The van der Waals surface area contributed by atoms with Crippen molar-refractivity contribution in [3.8, 4) is 11.5 Å². The minimum Gasteiger partial charge on any atom is -0.490 e. The summed E-state index contributed by atoms with van der Waals surface area (Å²) in [6.45, 7) is 6.37. The van der Waals surface area contributed by atoms with Gasteiger partial charge in [-0.15, -0.1) is 6.58 Å². The number of halogens is 1. The second-order valence-corrected chi connectivity index (χ2v) is 8.51. The Morgan fingerprint density at radius 3 is 2.71 bits per heavy atom. The molecule has 0 spiro atoms. The lowest BCUT2D eigenvalue weighted by Crippen LogP contribution is -2.16. The quantitative estimate of drug-likeness (QED) is 0.102. The summed E-state index contributed by atoms with van der Waals surface area (Å²) in [6.07, 6.45) is 3.73. The van der Waals surface area contributed by atoms with E-state index in [4.69, 9.17) is 25.5 Å². The van der Waals surface area contributed by atoms with E-state index in [0.717, 1.165) is 11.1 Å². The number of ether oxygens (including phenoxy) is 2. The molecule has 194 valence electrons. The molecule has 1 amide bonds. The van der Waals surface area contributed by atoms with Gasteiger partial charge >= 0.3 is 5.91 Å². The number of hydrogen-bond donors (Lipinski definition) is 1. The molecule has 1 N–H and O–H groups in total. The number of nitrogens with one attached hydrogen (secondary N) is 1. The van der Waals surface area contributed by atoms with E-state index in [9.17, 15) is 14.9 Å². The van der Waals surface area contributed by atoms with Gasteiger partial charge in [-0.1, -0.05) is 35.9 Å². The van der Waals surface area contributed by atoms with Gasteiger partial charge in [-0.05, 0) is 49.2 Å². The number of hydrogen-bond acceptors (Lipinski definition) is 7. The largest absolute Gasteiger partial charge is 0.490 e. The third-order valence-electron chi connectivity index (χ3n) is 5.46. The second kappa shape index (κ2) is 12.1. The van der Waals surface area contributed by atoms with Crippen molar-refractivity contribution in [2.24, 2.45) is 5.10 Å². The Balaban J connectivity index is 1.53. The first kappa shape index (κ1) is 26.4. The van der Waals surface area contributed by atoms with Gasteiger partial charge in [-0.25, -0.2) is 5.43 Å². The average molecular weight is 534 g/mol. The van der Waals surface area contributed by atoms with Crippen LogP contribution in [0.15, 0.2) is 82.8 Å². The summed E-state index contributed by atoms with van der Waals surface area (Å²) < 4.78 is 17.4. The Hall–Kier alpha value is -4.63. The lowest BCUT2D eigenvalue weighted by atomic mass is 10.1. The molecule has 4 aromatic rings. The first-order valence-electron chi connectivity index (χ1n) is 11.7. The van der Waals surface area contributed by atoms with Crippen LogP contribution in [0.1, 0.15) is 34.2 Å². The van der Waals surface area contributed by atoms with Crippen LogP contribution < -0.4 is 14.9 Å². The number of allylic oxidation sites excluding steroid dienone is 1. The van der Waals surface area contributed by atoms with Crippen LogP contribution in [0.2, 0.25) is 5.02 Å². The minimum atomic E-state index is -0.601. The van der Waals surface area contributed by atoms with Crippen LogP contribution in [-0.4, -0.2) is 23.7 Å². The van der Waals surface area contributed by atoms with Crippen molar-refractivity contribution < 1.29 is 23.6 Å². The van der Waals surface area contributed by atoms with Crippen LogP contribution in [0.4, 0.5) is 5.69 Å². The maximum Gasteiger partial charge on any atom is 0.307 e. The van der Waals surface area contributed by atoms with Gasteiger partial charge in [-0.2, -0.15) is 5.10 Å². The number of nitro benzene ring substituents is 1. The molecule has 10 heteroatoms. The summed E-state index contributed by atoms with van der Waals surface area (Å²) in [6, 6.07) is 16.6. The molecule has 0 radical (unpaired) electrons. The summed E-state index contributed by atoms with van der Waals surface area (Å²) in [5.74, 6) is 0.467. The Labute approximate surface area is 223 Å². The molecule has 0 aliphatic carbocycles. The van der Waals surface area contributed by atoms with Gasteiger partial charge in [0.05, 0.1) is 17.7 Å². The highest BCUT2D eigenvalue weighted by molar-refractivity contribution is 6.31. The monoisotopic (exact) mass is 533 g/mol. The zero-order chi connectivity index (χ0) is 27.1. The number of nitrogens with zero attached hydrogens (tertiary/aromatic N) is 2. The zero-order valence-corrected chi connectivity index (χ0v) is 21.2. The molecular weight excluding hydrogens is 510 g/mol. The van der Waals surface area contributed by atoms with Crippen molar-refractivity contribution in [2.75, 3.05) is 6.61 Å². The molecule has 1 heterocycles. The van der Waals surface area contributed by atoms with Crippen molar-refractivity contribution in [2.45, 2.75) is 20.0 Å². The van der Waals surface area contributed by atoms with E-state index in [-0.39, 0.29) is 18.1 Å². The van der Waals surface area contributed by atoms with Crippen molar-refractivity contribution in [1.82, 2.24) is 5.43 Å². The second-order valence-electron chi connectivity index (χ2n) is 8.10. The summed E-state index contributed by atoms with van der Waals surface area (Å²) in [5, 5.41) is 16.1. The number of amides is 1. The minimum absolute atomic E-state index is 0.0247. The smallest absolute Gasteiger partial charge is 0.307 e. The number of furan rings is 1. The molecule has 0 unspecified atom stereocenters. The molecule has 0 bridgehead atoms.